The highest BCUT2D eigenvalue weighted by atomic mass is 16.3. The summed E-state index contributed by atoms with van der Waals surface area (Å²) in [4.78, 5) is 18.5. The van der Waals surface area contributed by atoms with E-state index in [1.165, 1.54) is 0 Å². The largest absolute Gasteiger partial charge is 0.464 e. The Hall–Kier alpha value is -2.63. The average molecular weight is 284 g/mol. The number of aromatic nitrogens is 3. The van der Waals surface area contributed by atoms with Crippen LogP contribution in [0.5, 0.6) is 0 Å². The zero-order valence-electron chi connectivity index (χ0n) is 12.2. The minimum Gasteiger partial charge on any atom is -0.464 e. The molecule has 0 bridgehead atoms. The van der Waals surface area contributed by atoms with Crippen LogP contribution in [-0.2, 0) is 6.54 Å². The van der Waals surface area contributed by atoms with Crippen LogP contribution in [0.3, 0.4) is 0 Å². The number of hydrogen-bond acceptors (Lipinski definition) is 4. The standard InChI is InChI=1S/C15H16N4O2/c1-10-5-6-12(21-10)9-18(3)15(20)13-11(2)17-19-8-4-7-16-14(13)19/h4-8H,9H2,1-3H3. The first-order chi connectivity index (χ1) is 10.1. The molecule has 3 heterocycles. The van der Waals surface area contributed by atoms with Gasteiger partial charge in [0.05, 0.1) is 12.2 Å². The fourth-order valence-electron chi connectivity index (χ4n) is 2.31. The third-order valence-electron chi connectivity index (χ3n) is 3.32. The maximum atomic E-state index is 12.6. The van der Waals surface area contributed by atoms with Gasteiger partial charge in [0.1, 0.15) is 17.1 Å². The minimum absolute atomic E-state index is 0.116. The zero-order valence-corrected chi connectivity index (χ0v) is 12.2. The lowest BCUT2D eigenvalue weighted by Crippen LogP contribution is -2.26. The predicted molar refractivity (Wildman–Crippen MR) is 77.0 cm³/mol. The number of carbonyl (C=O) groups is 1. The molecule has 6 heteroatoms. The molecule has 0 aliphatic carbocycles. The fraction of sp³-hybridized carbons (Fsp3) is 0.267. The Kier molecular flexibility index (Phi) is 3.21. The summed E-state index contributed by atoms with van der Waals surface area (Å²) in [5, 5.41) is 4.31. The van der Waals surface area contributed by atoms with Crippen LogP contribution in [0.15, 0.2) is 35.0 Å². The van der Waals surface area contributed by atoms with Gasteiger partial charge in [-0.2, -0.15) is 5.10 Å². The van der Waals surface area contributed by atoms with Gasteiger partial charge in [0.25, 0.3) is 5.91 Å². The van der Waals surface area contributed by atoms with E-state index in [2.05, 4.69) is 10.1 Å². The Bertz CT molecular complexity index is 803. The number of nitrogens with zero attached hydrogens (tertiary/aromatic N) is 4. The number of carbonyl (C=O) groups excluding carboxylic acids is 1. The molecule has 21 heavy (non-hydrogen) atoms. The third-order valence-corrected chi connectivity index (χ3v) is 3.32. The molecule has 0 spiro atoms. The van der Waals surface area contributed by atoms with Gasteiger partial charge in [0, 0.05) is 19.4 Å². The molecule has 0 saturated heterocycles. The summed E-state index contributed by atoms with van der Waals surface area (Å²) in [6, 6.07) is 5.54. The molecular weight excluding hydrogens is 268 g/mol. The fourth-order valence-corrected chi connectivity index (χ4v) is 2.31. The van der Waals surface area contributed by atoms with Crippen molar-refractivity contribution in [3.05, 3.63) is 53.4 Å². The number of aryl methyl sites for hydroxylation is 2. The van der Waals surface area contributed by atoms with E-state index in [4.69, 9.17) is 4.42 Å². The molecule has 0 atom stereocenters. The lowest BCUT2D eigenvalue weighted by Gasteiger charge is -2.15. The summed E-state index contributed by atoms with van der Waals surface area (Å²) >= 11 is 0. The molecule has 0 aliphatic heterocycles. The number of amides is 1. The number of hydrogen-bond donors (Lipinski definition) is 0. The molecule has 0 radical (unpaired) electrons. The number of fused-ring (bicyclic) bond motifs is 1. The average Bonchev–Trinajstić information content (AvgIpc) is 3.00. The summed E-state index contributed by atoms with van der Waals surface area (Å²) in [5.74, 6) is 1.47. The van der Waals surface area contributed by atoms with Gasteiger partial charge in [-0.1, -0.05) is 0 Å². The van der Waals surface area contributed by atoms with Gasteiger partial charge in [0.2, 0.25) is 0 Å². The summed E-state index contributed by atoms with van der Waals surface area (Å²) in [5.41, 5.74) is 1.77. The van der Waals surface area contributed by atoms with E-state index >= 15 is 0 Å². The van der Waals surface area contributed by atoms with Gasteiger partial charge < -0.3 is 9.32 Å². The maximum Gasteiger partial charge on any atom is 0.259 e. The van der Waals surface area contributed by atoms with Crippen molar-refractivity contribution in [2.75, 3.05) is 7.05 Å². The molecule has 0 saturated carbocycles. The molecule has 0 aliphatic rings. The lowest BCUT2D eigenvalue weighted by molar-refractivity contribution is 0.0776. The van der Waals surface area contributed by atoms with Gasteiger partial charge in [-0.25, -0.2) is 9.50 Å². The SMILES string of the molecule is Cc1ccc(CN(C)C(=O)c2c(C)nn3cccnc23)o1. The van der Waals surface area contributed by atoms with E-state index in [1.54, 1.807) is 34.9 Å². The predicted octanol–water partition coefficient (Wildman–Crippen LogP) is 2.21. The van der Waals surface area contributed by atoms with Gasteiger partial charge in [0.15, 0.2) is 5.65 Å². The molecule has 1 amide bonds. The molecule has 0 N–H and O–H groups in total. The van der Waals surface area contributed by atoms with Crippen LogP contribution >= 0.6 is 0 Å². The Balaban J connectivity index is 1.91. The smallest absolute Gasteiger partial charge is 0.259 e. The summed E-state index contributed by atoms with van der Waals surface area (Å²) in [6.07, 6.45) is 3.44. The highest BCUT2D eigenvalue weighted by molar-refractivity contribution is 6.00. The topological polar surface area (TPSA) is 63.6 Å². The van der Waals surface area contributed by atoms with Crippen molar-refractivity contribution in [3.63, 3.8) is 0 Å². The van der Waals surface area contributed by atoms with Crippen LogP contribution in [0, 0.1) is 13.8 Å². The normalized spacial score (nSPS) is 11.0. The van der Waals surface area contributed by atoms with Crippen LogP contribution in [0.2, 0.25) is 0 Å². The molecular formula is C15H16N4O2. The van der Waals surface area contributed by atoms with Gasteiger partial charge in [-0.3, -0.25) is 4.79 Å². The van der Waals surface area contributed by atoms with Crippen molar-refractivity contribution in [3.8, 4) is 0 Å². The van der Waals surface area contributed by atoms with E-state index in [-0.39, 0.29) is 5.91 Å². The molecule has 0 aromatic carbocycles. The van der Waals surface area contributed by atoms with E-state index in [9.17, 15) is 4.79 Å². The van der Waals surface area contributed by atoms with Crippen molar-refractivity contribution in [1.82, 2.24) is 19.5 Å². The second kappa shape index (κ2) is 5.05. The Morgan fingerprint density at radius 1 is 1.38 bits per heavy atom. The second-order valence-corrected chi connectivity index (χ2v) is 5.02. The van der Waals surface area contributed by atoms with Crippen molar-refractivity contribution < 1.29 is 9.21 Å². The third kappa shape index (κ3) is 2.40. The van der Waals surface area contributed by atoms with Crippen molar-refractivity contribution >= 4 is 11.6 Å². The lowest BCUT2D eigenvalue weighted by atomic mass is 10.2. The molecule has 0 unspecified atom stereocenters. The van der Waals surface area contributed by atoms with Gasteiger partial charge in [-0.15, -0.1) is 0 Å². The van der Waals surface area contributed by atoms with Gasteiger partial charge >= 0.3 is 0 Å². The summed E-state index contributed by atoms with van der Waals surface area (Å²) < 4.78 is 7.13. The molecule has 3 aromatic heterocycles. The van der Waals surface area contributed by atoms with Crippen LogP contribution in [0.4, 0.5) is 0 Å². The molecule has 3 aromatic rings. The van der Waals surface area contributed by atoms with Gasteiger partial charge in [-0.05, 0) is 32.0 Å². The van der Waals surface area contributed by atoms with Crippen LogP contribution in [0.1, 0.15) is 27.6 Å². The Labute approximate surface area is 122 Å². The molecule has 6 nitrogen and oxygen atoms in total. The summed E-state index contributed by atoms with van der Waals surface area (Å²) in [7, 11) is 1.74. The first-order valence-electron chi connectivity index (χ1n) is 6.67. The zero-order chi connectivity index (χ0) is 15.0. The molecule has 3 rings (SSSR count). The highest BCUT2D eigenvalue weighted by Crippen LogP contribution is 2.17. The van der Waals surface area contributed by atoms with Crippen molar-refractivity contribution in [2.24, 2.45) is 0 Å². The molecule has 0 fully saturated rings. The quantitative estimate of drug-likeness (QED) is 0.739. The Morgan fingerprint density at radius 3 is 2.90 bits per heavy atom. The van der Waals surface area contributed by atoms with Crippen LogP contribution in [0.25, 0.3) is 5.65 Å². The van der Waals surface area contributed by atoms with Crippen LogP contribution in [-0.4, -0.2) is 32.5 Å². The first-order valence-corrected chi connectivity index (χ1v) is 6.67. The maximum absolute atomic E-state index is 12.6. The number of furan rings is 1. The number of rotatable bonds is 3. The van der Waals surface area contributed by atoms with E-state index in [1.807, 2.05) is 26.0 Å². The second-order valence-electron chi connectivity index (χ2n) is 5.02. The monoisotopic (exact) mass is 284 g/mol. The van der Waals surface area contributed by atoms with Crippen LogP contribution < -0.4 is 0 Å². The van der Waals surface area contributed by atoms with E-state index in [0.29, 0.717) is 23.4 Å². The summed E-state index contributed by atoms with van der Waals surface area (Å²) in [6.45, 7) is 4.10. The first kappa shape index (κ1) is 13.4. The highest BCUT2D eigenvalue weighted by Gasteiger charge is 2.22. The molecule has 108 valence electrons. The minimum atomic E-state index is -0.116. The van der Waals surface area contributed by atoms with E-state index < -0.39 is 0 Å². The van der Waals surface area contributed by atoms with E-state index in [0.717, 1.165) is 11.5 Å². The van der Waals surface area contributed by atoms with Crippen molar-refractivity contribution in [1.29, 1.82) is 0 Å². The van der Waals surface area contributed by atoms with Crippen molar-refractivity contribution in [2.45, 2.75) is 20.4 Å². The Morgan fingerprint density at radius 2 is 2.19 bits per heavy atom.